The summed E-state index contributed by atoms with van der Waals surface area (Å²) in [6.45, 7) is 3.50. The van der Waals surface area contributed by atoms with Crippen LogP contribution in [-0.2, 0) is 11.3 Å². The van der Waals surface area contributed by atoms with Gasteiger partial charge in [-0.15, -0.1) is 0 Å². The molecule has 1 saturated carbocycles. The van der Waals surface area contributed by atoms with Crippen molar-refractivity contribution >= 4 is 17.2 Å². The third kappa shape index (κ3) is 4.90. The summed E-state index contributed by atoms with van der Waals surface area (Å²) in [4.78, 5) is 2.71. The third-order valence-corrected chi connectivity index (χ3v) is 3.61. The minimum atomic E-state index is 0.467. The first-order valence-corrected chi connectivity index (χ1v) is 7.21. The molecule has 1 aliphatic rings. The Bertz CT molecular complexity index is 432. The summed E-state index contributed by atoms with van der Waals surface area (Å²) in [7, 11) is 2.09. The van der Waals surface area contributed by atoms with Crippen LogP contribution in [0.5, 0.6) is 0 Å². The smallest absolute Gasteiger partial charge is 0.104 e. The second kappa shape index (κ2) is 6.98. The molecule has 0 bridgehead atoms. The number of hydrogen-bond acceptors (Lipinski definition) is 3. The zero-order valence-corrected chi connectivity index (χ0v) is 12.3. The quantitative estimate of drug-likeness (QED) is 0.584. The predicted octanol–water partition coefficient (Wildman–Crippen LogP) is 2.18. The van der Waals surface area contributed by atoms with Crippen LogP contribution >= 0.6 is 12.2 Å². The number of benzene rings is 1. The molecular weight excluding hydrogens is 256 g/mol. The molecule has 0 heterocycles. The van der Waals surface area contributed by atoms with Crippen LogP contribution in [0, 0.1) is 5.92 Å². The minimum absolute atomic E-state index is 0.467. The Balaban J connectivity index is 1.77. The first kappa shape index (κ1) is 14.4. The van der Waals surface area contributed by atoms with E-state index >= 15 is 0 Å². The standard InChI is InChI=1S/C15H22N2OS/c1-17(8-9-18-11-12-6-7-12)10-13-4-2-3-5-14(13)15(16)19/h2-5,12H,6-11H2,1H3,(H2,16,19). The largest absolute Gasteiger partial charge is 0.389 e. The molecule has 2 rings (SSSR count). The van der Waals surface area contributed by atoms with E-state index in [1.54, 1.807) is 0 Å². The second-order valence-electron chi connectivity index (χ2n) is 5.28. The van der Waals surface area contributed by atoms with Crippen molar-refractivity contribution in [1.82, 2.24) is 4.90 Å². The SMILES string of the molecule is CN(CCOCC1CC1)Cc1ccccc1C(N)=S. The lowest BCUT2D eigenvalue weighted by Gasteiger charge is -2.18. The van der Waals surface area contributed by atoms with E-state index in [1.807, 2.05) is 18.2 Å². The van der Waals surface area contributed by atoms with Crippen molar-refractivity contribution in [3.05, 3.63) is 35.4 Å². The monoisotopic (exact) mass is 278 g/mol. The zero-order valence-electron chi connectivity index (χ0n) is 11.5. The first-order chi connectivity index (χ1) is 9.16. The molecule has 0 radical (unpaired) electrons. The van der Waals surface area contributed by atoms with Gasteiger partial charge < -0.3 is 10.5 Å². The van der Waals surface area contributed by atoms with Crippen LogP contribution in [0.1, 0.15) is 24.0 Å². The van der Waals surface area contributed by atoms with E-state index in [9.17, 15) is 0 Å². The van der Waals surface area contributed by atoms with E-state index in [4.69, 9.17) is 22.7 Å². The van der Waals surface area contributed by atoms with Crippen LogP contribution in [0.15, 0.2) is 24.3 Å². The molecule has 1 aromatic rings. The summed E-state index contributed by atoms with van der Waals surface area (Å²) in [6, 6.07) is 8.05. The molecular formula is C15H22N2OS. The molecule has 0 aromatic heterocycles. The molecule has 19 heavy (non-hydrogen) atoms. The molecule has 4 heteroatoms. The number of hydrogen-bond donors (Lipinski definition) is 1. The molecule has 2 N–H and O–H groups in total. The van der Waals surface area contributed by atoms with E-state index < -0.39 is 0 Å². The maximum Gasteiger partial charge on any atom is 0.104 e. The van der Waals surface area contributed by atoms with E-state index in [2.05, 4.69) is 18.0 Å². The Hall–Kier alpha value is -0.970. The highest BCUT2D eigenvalue weighted by molar-refractivity contribution is 7.80. The molecule has 0 atom stereocenters. The molecule has 1 fully saturated rings. The average molecular weight is 278 g/mol. The Morgan fingerprint density at radius 1 is 1.42 bits per heavy atom. The Kier molecular flexibility index (Phi) is 5.31. The molecule has 104 valence electrons. The second-order valence-corrected chi connectivity index (χ2v) is 5.72. The van der Waals surface area contributed by atoms with E-state index in [0.29, 0.717) is 4.99 Å². The van der Waals surface area contributed by atoms with Crippen LogP contribution in [0.4, 0.5) is 0 Å². The van der Waals surface area contributed by atoms with Gasteiger partial charge in [-0.1, -0.05) is 36.5 Å². The maximum atomic E-state index is 5.74. The molecule has 0 saturated heterocycles. The lowest BCUT2D eigenvalue weighted by atomic mass is 10.1. The number of ether oxygens (including phenoxy) is 1. The summed E-state index contributed by atoms with van der Waals surface area (Å²) in [6.07, 6.45) is 2.69. The average Bonchev–Trinajstić information content (AvgIpc) is 3.19. The van der Waals surface area contributed by atoms with Crippen molar-refractivity contribution in [2.75, 3.05) is 26.8 Å². The summed E-state index contributed by atoms with van der Waals surface area (Å²) in [5, 5.41) is 0. The summed E-state index contributed by atoms with van der Waals surface area (Å²) in [5.41, 5.74) is 7.90. The van der Waals surface area contributed by atoms with Gasteiger partial charge in [-0.25, -0.2) is 0 Å². The Morgan fingerprint density at radius 2 is 2.16 bits per heavy atom. The van der Waals surface area contributed by atoms with Crippen molar-refractivity contribution in [1.29, 1.82) is 0 Å². The van der Waals surface area contributed by atoms with Crippen LogP contribution in [0.3, 0.4) is 0 Å². The van der Waals surface area contributed by atoms with E-state index in [1.165, 1.54) is 18.4 Å². The lowest BCUT2D eigenvalue weighted by molar-refractivity contribution is 0.102. The van der Waals surface area contributed by atoms with Crippen LogP contribution in [0.2, 0.25) is 0 Å². The summed E-state index contributed by atoms with van der Waals surface area (Å²) < 4.78 is 5.65. The van der Waals surface area contributed by atoms with Crippen molar-refractivity contribution in [2.24, 2.45) is 11.7 Å². The Labute approximate surface area is 120 Å². The fraction of sp³-hybridized carbons (Fsp3) is 0.533. The highest BCUT2D eigenvalue weighted by Gasteiger charge is 2.20. The number of likely N-dealkylation sites (N-methyl/N-ethyl adjacent to an activating group) is 1. The van der Waals surface area contributed by atoms with Crippen molar-refractivity contribution in [2.45, 2.75) is 19.4 Å². The van der Waals surface area contributed by atoms with Gasteiger partial charge >= 0.3 is 0 Å². The summed E-state index contributed by atoms with van der Waals surface area (Å²) in [5.74, 6) is 0.834. The molecule has 0 spiro atoms. The number of nitrogens with zero attached hydrogens (tertiary/aromatic N) is 1. The van der Waals surface area contributed by atoms with Gasteiger partial charge in [-0.3, -0.25) is 4.90 Å². The summed E-state index contributed by atoms with van der Waals surface area (Å²) >= 11 is 5.08. The Morgan fingerprint density at radius 3 is 2.84 bits per heavy atom. The highest BCUT2D eigenvalue weighted by Crippen LogP contribution is 2.28. The van der Waals surface area contributed by atoms with Crippen molar-refractivity contribution < 1.29 is 4.74 Å². The van der Waals surface area contributed by atoms with Gasteiger partial charge in [0.1, 0.15) is 4.99 Å². The number of nitrogens with two attached hydrogens (primary N) is 1. The number of rotatable bonds is 8. The predicted molar refractivity (Wildman–Crippen MR) is 82.2 cm³/mol. The van der Waals surface area contributed by atoms with Gasteiger partial charge in [0.15, 0.2) is 0 Å². The molecule has 0 unspecified atom stereocenters. The topological polar surface area (TPSA) is 38.5 Å². The third-order valence-electron chi connectivity index (χ3n) is 3.39. The van der Waals surface area contributed by atoms with E-state index in [-0.39, 0.29) is 0 Å². The minimum Gasteiger partial charge on any atom is -0.389 e. The molecule has 1 aromatic carbocycles. The van der Waals surface area contributed by atoms with Gasteiger partial charge in [-0.2, -0.15) is 0 Å². The lowest BCUT2D eigenvalue weighted by Crippen LogP contribution is -2.25. The van der Waals surface area contributed by atoms with Crippen LogP contribution in [-0.4, -0.2) is 36.7 Å². The van der Waals surface area contributed by atoms with Crippen molar-refractivity contribution in [3.8, 4) is 0 Å². The van der Waals surface area contributed by atoms with Gasteiger partial charge in [-0.05, 0) is 31.4 Å². The maximum absolute atomic E-state index is 5.74. The number of thiocarbonyl (C=S) groups is 1. The zero-order chi connectivity index (χ0) is 13.7. The van der Waals surface area contributed by atoms with Crippen LogP contribution < -0.4 is 5.73 Å². The van der Waals surface area contributed by atoms with Crippen LogP contribution in [0.25, 0.3) is 0 Å². The normalized spacial score (nSPS) is 14.8. The van der Waals surface area contributed by atoms with Gasteiger partial charge in [0.2, 0.25) is 0 Å². The van der Waals surface area contributed by atoms with Gasteiger partial charge in [0.25, 0.3) is 0 Å². The molecule has 0 aliphatic heterocycles. The molecule has 1 aliphatic carbocycles. The van der Waals surface area contributed by atoms with Gasteiger partial charge in [0.05, 0.1) is 6.61 Å². The fourth-order valence-electron chi connectivity index (χ4n) is 2.02. The first-order valence-electron chi connectivity index (χ1n) is 6.81. The van der Waals surface area contributed by atoms with E-state index in [0.717, 1.165) is 37.8 Å². The molecule has 0 amide bonds. The fourth-order valence-corrected chi connectivity index (χ4v) is 2.22. The molecule has 3 nitrogen and oxygen atoms in total. The van der Waals surface area contributed by atoms with Crippen molar-refractivity contribution in [3.63, 3.8) is 0 Å². The van der Waals surface area contributed by atoms with Gasteiger partial charge in [0, 0.05) is 25.3 Å². The highest BCUT2D eigenvalue weighted by atomic mass is 32.1.